The molecule has 0 fully saturated rings. The Hall–Kier alpha value is -5.90. The molecule has 0 radical (unpaired) electrons. The SMILES string of the molecule is CC(C)Cc1cccc(N(c2ccc3c(c2)C(C)(C)c2cc(N(c4ccccc4)c4ccc([Si](C)(C)C)cc4)c4ccccc4c2-3)c2cccc3ccccc23)c1. The molecule has 8 aromatic carbocycles. The third-order valence-corrected chi connectivity index (χ3v) is 14.0. The number of hydrogen-bond acceptors (Lipinski definition) is 2. The fourth-order valence-corrected chi connectivity index (χ4v) is 10.3. The normalized spacial score (nSPS) is 13.2. The van der Waals surface area contributed by atoms with E-state index in [1.54, 1.807) is 0 Å². The highest BCUT2D eigenvalue weighted by Gasteiger charge is 2.38. The molecule has 0 N–H and O–H groups in total. The van der Waals surface area contributed by atoms with Crippen molar-refractivity contribution < 1.29 is 0 Å². The fraction of sp³-hybridized carbons (Fsp3) is 0.185. The van der Waals surface area contributed by atoms with Gasteiger partial charge in [0, 0.05) is 38.9 Å². The van der Waals surface area contributed by atoms with Gasteiger partial charge < -0.3 is 9.80 Å². The zero-order chi connectivity index (χ0) is 39.5. The monoisotopic (exact) mass is 756 g/mol. The van der Waals surface area contributed by atoms with Crippen LogP contribution in [0.1, 0.15) is 44.4 Å². The molecular weight excluding hydrogens is 705 g/mol. The van der Waals surface area contributed by atoms with Gasteiger partial charge in [-0.15, -0.1) is 0 Å². The van der Waals surface area contributed by atoms with Crippen LogP contribution in [0.5, 0.6) is 0 Å². The Morgan fingerprint density at radius 2 is 1.07 bits per heavy atom. The first-order valence-electron chi connectivity index (χ1n) is 20.5. The standard InChI is InChI=1S/C54H52N2Si/c1-37(2)33-38-17-15-22-42(34-38)56(51-26-16-19-39-18-11-12-23-45(39)51)43-29-32-48-49(35-43)54(3,4)50-36-52(46-24-13-14-25-47(46)53(48)50)55(40-20-9-8-10-21-40)41-27-30-44(31-28-41)57(5,6)7/h8-32,34-37H,33H2,1-7H3. The van der Waals surface area contributed by atoms with E-state index in [0.717, 1.165) is 12.1 Å². The molecule has 1 aliphatic carbocycles. The number of anilines is 6. The third kappa shape index (κ3) is 6.54. The molecule has 57 heavy (non-hydrogen) atoms. The van der Waals surface area contributed by atoms with Gasteiger partial charge in [0.05, 0.1) is 19.4 Å². The average molecular weight is 757 g/mol. The Bertz CT molecular complexity index is 2750. The van der Waals surface area contributed by atoms with Crippen LogP contribution in [0.3, 0.4) is 0 Å². The lowest BCUT2D eigenvalue weighted by Crippen LogP contribution is -2.37. The summed E-state index contributed by atoms with van der Waals surface area (Å²) >= 11 is 0. The third-order valence-electron chi connectivity index (χ3n) is 12.0. The molecular formula is C54H52N2Si. The second kappa shape index (κ2) is 14.2. The minimum atomic E-state index is -1.46. The van der Waals surface area contributed by atoms with Crippen LogP contribution < -0.4 is 15.0 Å². The van der Waals surface area contributed by atoms with Crippen LogP contribution in [0.2, 0.25) is 19.6 Å². The predicted octanol–water partition coefficient (Wildman–Crippen LogP) is 15.0. The molecule has 0 atom stereocenters. The second-order valence-electron chi connectivity index (χ2n) is 17.8. The molecule has 3 heteroatoms. The van der Waals surface area contributed by atoms with Crippen LogP contribution in [0.4, 0.5) is 34.1 Å². The molecule has 8 aromatic rings. The summed E-state index contributed by atoms with van der Waals surface area (Å²) < 4.78 is 0. The highest BCUT2D eigenvalue weighted by Crippen LogP contribution is 2.56. The largest absolute Gasteiger partial charge is 0.310 e. The van der Waals surface area contributed by atoms with E-state index in [1.165, 1.54) is 83.0 Å². The average Bonchev–Trinajstić information content (AvgIpc) is 3.43. The molecule has 0 aliphatic heterocycles. The summed E-state index contributed by atoms with van der Waals surface area (Å²) in [4.78, 5) is 4.95. The Morgan fingerprint density at radius 3 is 1.81 bits per heavy atom. The minimum Gasteiger partial charge on any atom is -0.310 e. The number of benzene rings is 8. The number of hydrogen-bond donors (Lipinski definition) is 0. The molecule has 0 heterocycles. The van der Waals surface area contributed by atoms with Gasteiger partial charge in [-0.2, -0.15) is 0 Å². The Labute approximate surface area is 340 Å². The minimum absolute atomic E-state index is 0.257. The van der Waals surface area contributed by atoms with Gasteiger partial charge in [-0.25, -0.2) is 0 Å². The molecule has 0 spiro atoms. The van der Waals surface area contributed by atoms with Gasteiger partial charge in [-0.1, -0.05) is 162 Å². The maximum atomic E-state index is 2.49. The summed E-state index contributed by atoms with van der Waals surface area (Å²) in [5.41, 5.74) is 13.6. The smallest absolute Gasteiger partial charge is 0.0775 e. The number of rotatable bonds is 9. The maximum absolute atomic E-state index is 2.49. The second-order valence-corrected chi connectivity index (χ2v) is 22.9. The van der Waals surface area contributed by atoms with Gasteiger partial charge in [-0.05, 0) is 112 Å². The number of para-hydroxylation sites is 1. The summed E-state index contributed by atoms with van der Waals surface area (Å²) in [5, 5.41) is 6.49. The number of nitrogens with zero attached hydrogens (tertiary/aromatic N) is 2. The van der Waals surface area contributed by atoms with Crippen LogP contribution in [0, 0.1) is 5.92 Å². The summed E-state index contributed by atoms with van der Waals surface area (Å²) in [6.07, 6.45) is 1.04. The van der Waals surface area contributed by atoms with Crippen LogP contribution >= 0.6 is 0 Å². The van der Waals surface area contributed by atoms with E-state index in [1.807, 2.05) is 0 Å². The van der Waals surface area contributed by atoms with Crippen molar-refractivity contribution in [2.75, 3.05) is 9.80 Å². The molecule has 1 aliphatic rings. The van der Waals surface area contributed by atoms with Crippen LogP contribution in [0.15, 0.2) is 170 Å². The van der Waals surface area contributed by atoms with Crippen molar-refractivity contribution in [3.05, 3.63) is 187 Å². The quantitative estimate of drug-likeness (QED) is 0.135. The van der Waals surface area contributed by atoms with Crippen LogP contribution in [-0.4, -0.2) is 8.07 Å². The van der Waals surface area contributed by atoms with Gasteiger partial charge in [0.15, 0.2) is 0 Å². The van der Waals surface area contributed by atoms with Crippen molar-refractivity contribution in [3.63, 3.8) is 0 Å². The van der Waals surface area contributed by atoms with Crippen LogP contribution in [-0.2, 0) is 11.8 Å². The maximum Gasteiger partial charge on any atom is 0.0775 e. The molecule has 0 bridgehead atoms. The molecule has 0 aromatic heterocycles. The van der Waals surface area contributed by atoms with E-state index in [2.05, 4.69) is 227 Å². The van der Waals surface area contributed by atoms with Crippen LogP contribution in [0.25, 0.3) is 32.7 Å². The van der Waals surface area contributed by atoms with E-state index >= 15 is 0 Å². The lowest BCUT2D eigenvalue weighted by Gasteiger charge is -2.31. The first-order valence-corrected chi connectivity index (χ1v) is 24.0. The summed E-state index contributed by atoms with van der Waals surface area (Å²) in [5.74, 6) is 0.576. The number of fused-ring (bicyclic) bond motifs is 6. The van der Waals surface area contributed by atoms with Gasteiger partial charge in [0.1, 0.15) is 0 Å². The first-order chi connectivity index (χ1) is 27.5. The molecule has 0 saturated carbocycles. The summed E-state index contributed by atoms with van der Waals surface area (Å²) in [6, 6.07) is 63.6. The molecule has 0 amide bonds. The van der Waals surface area contributed by atoms with Crippen molar-refractivity contribution in [2.24, 2.45) is 5.92 Å². The lowest BCUT2D eigenvalue weighted by atomic mass is 9.81. The van der Waals surface area contributed by atoms with E-state index in [4.69, 9.17) is 0 Å². The predicted molar refractivity (Wildman–Crippen MR) is 250 cm³/mol. The van der Waals surface area contributed by atoms with E-state index in [-0.39, 0.29) is 5.41 Å². The van der Waals surface area contributed by atoms with Gasteiger partial charge in [0.25, 0.3) is 0 Å². The van der Waals surface area contributed by atoms with E-state index in [9.17, 15) is 0 Å². The van der Waals surface area contributed by atoms with E-state index in [0.29, 0.717) is 5.92 Å². The first kappa shape index (κ1) is 36.7. The molecule has 282 valence electrons. The van der Waals surface area contributed by atoms with Crippen molar-refractivity contribution in [3.8, 4) is 11.1 Å². The Morgan fingerprint density at radius 1 is 0.491 bits per heavy atom. The zero-order valence-corrected chi connectivity index (χ0v) is 35.3. The Balaban J connectivity index is 1.24. The van der Waals surface area contributed by atoms with Crippen molar-refractivity contribution in [1.29, 1.82) is 0 Å². The van der Waals surface area contributed by atoms with Gasteiger partial charge in [-0.3, -0.25) is 0 Å². The van der Waals surface area contributed by atoms with Crippen molar-refractivity contribution in [2.45, 2.75) is 59.2 Å². The van der Waals surface area contributed by atoms with Crippen molar-refractivity contribution in [1.82, 2.24) is 0 Å². The summed E-state index contributed by atoms with van der Waals surface area (Å²) in [7, 11) is -1.46. The van der Waals surface area contributed by atoms with Gasteiger partial charge >= 0.3 is 0 Å². The topological polar surface area (TPSA) is 6.48 Å². The zero-order valence-electron chi connectivity index (χ0n) is 34.3. The molecule has 0 saturated heterocycles. The molecule has 9 rings (SSSR count). The van der Waals surface area contributed by atoms with Gasteiger partial charge in [0.2, 0.25) is 0 Å². The Kier molecular flexibility index (Phi) is 9.17. The molecule has 2 nitrogen and oxygen atoms in total. The highest BCUT2D eigenvalue weighted by atomic mass is 28.3. The summed E-state index contributed by atoms with van der Waals surface area (Å²) in [6.45, 7) is 16.7. The highest BCUT2D eigenvalue weighted by molar-refractivity contribution is 6.88. The van der Waals surface area contributed by atoms with E-state index < -0.39 is 8.07 Å². The fourth-order valence-electron chi connectivity index (χ4n) is 9.12. The van der Waals surface area contributed by atoms with Crippen molar-refractivity contribution >= 4 is 68.9 Å². The molecule has 0 unspecified atom stereocenters. The lowest BCUT2D eigenvalue weighted by molar-refractivity contribution is 0.647.